The molecule has 3 heterocycles. The highest BCUT2D eigenvalue weighted by Crippen LogP contribution is 2.31. The molecule has 5 rings (SSSR count). The summed E-state index contributed by atoms with van der Waals surface area (Å²) in [6, 6.07) is 16.8. The highest BCUT2D eigenvalue weighted by Gasteiger charge is 2.39. The second-order valence-electron chi connectivity index (χ2n) is 9.16. The highest BCUT2D eigenvalue weighted by atomic mass is 16.5. The van der Waals surface area contributed by atoms with E-state index in [1.807, 2.05) is 59.5 Å². The first kappa shape index (κ1) is 22.9. The Labute approximate surface area is 203 Å². The number of aromatic nitrogens is 3. The van der Waals surface area contributed by atoms with Crippen molar-refractivity contribution in [3.63, 3.8) is 0 Å². The predicted molar refractivity (Wildman–Crippen MR) is 131 cm³/mol. The summed E-state index contributed by atoms with van der Waals surface area (Å²) >= 11 is 0. The summed E-state index contributed by atoms with van der Waals surface area (Å²) in [5.74, 6) is 0.882. The summed E-state index contributed by atoms with van der Waals surface area (Å²) in [5, 5.41) is 4.54. The average Bonchev–Trinajstić information content (AvgIpc) is 3.43. The summed E-state index contributed by atoms with van der Waals surface area (Å²) < 4.78 is 8.19. The molecule has 182 valence electrons. The van der Waals surface area contributed by atoms with Gasteiger partial charge in [0.25, 0.3) is 0 Å². The van der Waals surface area contributed by atoms with Crippen molar-refractivity contribution in [2.24, 2.45) is 13.0 Å². The minimum Gasteiger partial charge on any atom is -0.497 e. The van der Waals surface area contributed by atoms with E-state index < -0.39 is 0 Å². The minimum atomic E-state index is -0.386. The van der Waals surface area contributed by atoms with Crippen LogP contribution in [-0.2, 0) is 16.6 Å². The molecular formula is C26H29N5O4. The van der Waals surface area contributed by atoms with E-state index in [1.165, 1.54) is 4.68 Å². The van der Waals surface area contributed by atoms with Crippen molar-refractivity contribution in [2.75, 3.05) is 31.6 Å². The number of carbonyl (C=O) groups is 2. The molecule has 2 aromatic carbocycles. The van der Waals surface area contributed by atoms with Crippen LogP contribution >= 0.6 is 0 Å². The van der Waals surface area contributed by atoms with Gasteiger partial charge in [0.2, 0.25) is 11.8 Å². The van der Waals surface area contributed by atoms with Crippen LogP contribution < -0.4 is 15.3 Å². The fourth-order valence-corrected chi connectivity index (χ4v) is 5.10. The zero-order chi connectivity index (χ0) is 24.5. The summed E-state index contributed by atoms with van der Waals surface area (Å²) in [4.78, 5) is 42.5. The molecule has 2 saturated heterocycles. The SMILES string of the molecule is COc1ccc(N2CC(C(=O)N3CCCC(c4nn(C)c(=O)n4-c4ccccc4)C3)CC2=O)cc1. The van der Waals surface area contributed by atoms with Crippen LogP contribution in [0.1, 0.15) is 31.0 Å². The first-order valence-electron chi connectivity index (χ1n) is 11.9. The van der Waals surface area contributed by atoms with Gasteiger partial charge in [0.05, 0.1) is 18.7 Å². The molecule has 2 unspecified atom stereocenters. The first-order valence-corrected chi connectivity index (χ1v) is 11.9. The van der Waals surface area contributed by atoms with Crippen LogP contribution in [0.2, 0.25) is 0 Å². The number of nitrogens with zero attached hydrogens (tertiary/aromatic N) is 5. The van der Waals surface area contributed by atoms with Crippen LogP contribution in [0.4, 0.5) is 5.69 Å². The summed E-state index contributed by atoms with van der Waals surface area (Å²) in [6.07, 6.45) is 1.86. The van der Waals surface area contributed by atoms with Crippen LogP contribution in [0.15, 0.2) is 59.4 Å². The first-order chi connectivity index (χ1) is 17.0. The summed E-state index contributed by atoms with van der Waals surface area (Å²) in [7, 11) is 3.25. The molecule has 2 aliphatic rings. The zero-order valence-electron chi connectivity index (χ0n) is 20.0. The number of amides is 2. The van der Waals surface area contributed by atoms with Crippen molar-refractivity contribution in [3.05, 3.63) is 70.9 Å². The van der Waals surface area contributed by atoms with Gasteiger partial charge in [0.15, 0.2) is 0 Å². The maximum Gasteiger partial charge on any atom is 0.350 e. The van der Waals surface area contributed by atoms with E-state index >= 15 is 0 Å². The largest absolute Gasteiger partial charge is 0.497 e. The number of carbonyl (C=O) groups excluding carboxylic acids is 2. The van der Waals surface area contributed by atoms with E-state index in [1.54, 1.807) is 23.6 Å². The van der Waals surface area contributed by atoms with E-state index in [-0.39, 0.29) is 35.8 Å². The number of rotatable bonds is 5. The van der Waals surface area contributed by atoms with Gasteiger partial charge >= 0.3 is 5.69 Å². The second kappa shape index (κ2) is 9.40. The molecule has 0 bridgehead atoms. The standard InChI is InChI=1S/C26H29N5O4/c1-28-26(34)31(21-8-4-3-5-9-21)24(27-28)18-7-6-14-29(16-18)25(33)19-15-23(32)30(17-19)20-10-12-22(35-2)13-11-20/h3-5,8-13,18-19H,6-7,14-17H2,1-2H3. The van der Waals surface area contributed by atoms with Crippen LogP contribution in [-0.4, -0.2) is 57.8 Å². The van der Waals surface area contributed by atoms with E-state index in [0.29, 0.717) is 25.5 Å². The lowest BCUT2D eigenvalue weighted by molar-refractivity contribution is -0.137. The number of hydrogen-bond acceptors (Lipinski definition) is 5. The van der Waals surface area contributed by atoms with Crippen molar-refractivity contribution in [3.8, 4) is 11.4 Å². The van der Waals surface area contributed by atoms with E-state index in [0.717, 1.165) is 30.0 Å². The van der Waals surface area contributed by atoms with Gasteiger partial charge in [-0.2, -0.15) is 5.10 Å². The number of likely N-dealkylation sites (tertiary alicyclic amines) is 1. The predicted octanol–water partition coefficient (Wildman–Crippen LogP) is 2.34. The molecule has 0 saturated carbocycles. The monoisotopic (exact) mass is 475 g/mol. The molecule has 1 aromatic heterocycles. The summed E-state index contributed by atoms with van der Waals surface area (Å²) in [6.45, 7) is 1.49. The number of anilines is 1. The number of benzene rings is 2. The van der Waals surface area contributed by atoms with Crippen LogP contribution in [0.5, 0.6) is 5.75 Å². The van der Waals surface area contributed by atoms with Gasteiger partial charge in [0.1, 0.15) is 11.6 Å². The molecule has 9 nitrogen and oxygen atoms in total. The molecule has 0 radical (unpaired) electrons. The van der Waals surface area contributed by atoms with Gasteiger partial charge < -0.3 is 14.5 Å². The number of hydrogen-bond donors (Lipinski definition) is 0. The number of piperidine rings is 1. The minimum absolute atomic E-state index is 0.0106. The Balaban J connectivity index is 1.33. The Morgan fingerprint density at radius 3 is 2.46 bits per heavy atom. The number of aryl methyl sites for hydroxylation is 1. The topological polar surface area (TPSA) is 89.7 Å². The van der Waals surface area contributed by atoms with Gasteiger partial charge in [0, 0.05) is 44.7 Å². The molecule has 0 aliphatic carbocycles. The van der Waals surface area contributed by atoms with E-state index in [4.69, 9.17) is 4.74 Å². The Hall–Kier alpha value is -3.88. The average molecular weight is 476 g/mol. The van der Waals surface area contributed by atoms with Crippen molar-refractivity contribution < 1.29 is 14.3 Å². The van der Waals surface area contributed by atoms with Gasteiger partial charge in [-0.1, -0.05) is 18.2 Å². The maximum atomic E-state index is 13.5. The highest BCUT2D eigenvalue weighted by molar-refractivity contribution is 6.00. The van der Waals surface area contributed by atoms with Crippen LogP contribution in [0.3, 0.4) is 0 Å². The van der Waals surface area contributed by atoms with Crippen molar-refractivity contribution in [2.45, 2.75) is 25.2 Å². The molecule has 0 spiro atoms. The van der Waals surface area contributed by atoms with Crippen molar-refractivity contribution in [1.29, 1.82) is 0 Å². The maximum absolute atomic E-state index is 13.5. The Morgan fingerprint density at radius 1 is 1.00 bits per heavy atom. The van der Waals surface area contributed by atoms with E-state index in [9.17, 15) is 14.4 Å². The lowest BCUT2D eigenvalue weighted by Gasteiger charge is -2.33. The fourth-order valence-electron chi connectivity index (χ4n) is 5.10. The molecule has 2 atom stereocenters. The zero-order valence-corrected chi connectivity index (χ0v) is 20.0. The van der Waals surface area contributed by atoms with E-state index in [2.05, 4.69) is 5.10 Å². The molecule has 3 aromatic rings. The molecule has 2 aliphatic heterocycles. The van der Waals surface area contributed by atoms with Crippen LogP contribution in [0.25, 0.3) is 5.69 Å². The number of methoxy groups -OCH3 is 1. The van der Waals surface area contributed by atoms with Gasteiger partial charge in [-0.05, 0) is 49.2 Å². The lowest BCUT2D eigenvalue weighted by atomic mass is 9.95. The molecule has 2 fully saturated rings. The molecule has 35 heavy (non-hydrogen) atoms. The number of para-hydroxylation sites is 1. The molecule has 9 heteroatoms. The lowest BCUT2D eigenvalue weighted by Crippen LogP contribution is -2.43. The number of ether oxygens (including phenoxy) is 1. The third-order valence-corrected chi connectivity index (χ3v) is 6.92. The quantitative estimate of drug-likeness (QED) is 0.565. The Kier molecular flexibility index (Phi) is 6.15. The second-order valence-corrected chi connectivity index (χ2v) is 9.16. The Morgan fingerprint density at radius 2 is 1.74 bits per heavy atom. The van der Waals surface area contributed by atoms with Crippen molar-refractivity contribution in [1.82, 2.24) is 19.2 Å². The van der Waals surface area contributed by atoms with Gasteiger partial charge in [-0.15, -0.1) is 0 Å². The van der Waals surface area contributed by atoms with Crippen LogP contribution in [0, 0.1) is 5.92 Å². The molecule has 0 N–H and O–H groups in total. The van der Waals surface area contributed by atoms with Gasteiger partial charge in [-0.25, -0.2) is 14.0 Å². The fraction of sp³-hybridized carbons (Fsp3) is 0.385. The smallest absolute Gasteiger partial charge is 0.350 e. The van der Waals surface area contributed by atoms with Gasteiger partial charge in [-0.3, -0.25) is 9.59 Å². The van der Waals surface area contributed by atoms with Crippen molar-refractivity contribution >= 4 is 17.5 Å². The third-order valence-electron chi connectivity index (χ3n) is 6.92. The molecule has 2 amide bonds. The normalized spacial score (nSPS) is 20.3. The Bertz CT molecular complexity index is 1280. The third kappa shape index (κ3) is 4.34. The summed E-state index contributed by atoms with van der Waals surface area (Å²) in [5.41, 5.74) is 1.33. The molecular weight excluding hydrogens is 446 g/mol.